The predicted molar refractivity (Wildman–Crippen MR) is 123 cm³/mol. The normalized spacial score (nSPS) is 26.2. The molecule has 3 aromatic rings. The van der Waals surface area contributed by atoms with Crippen LogP contribution in [-0.2, 0) is 17.5 Å². The van der Waals surface area contributed by atoms with Crippen molar-refractivity contribution < 1.29 is 26.7 Å². The number of hydrogen-bond donors (Lipinski definition) is 0. The number of halogens is 5. The first-order valence-electron chi connectivity index (χ1n) is 12.2. The third kappa shape index (κ3) is 3.89. The molecule has 2 saturated heterocycles. The molecule has 3 aliphatic rings. The third-order valence-corrected chi connectivity index (χ3v) is 8.22. The molecule has 1 saturated carbocycles. The summed E-state index contributed by atoms with van der Waals surface area (Å²) in [5.41, 5.74) is -0.731. The molecule has 1 amide bonds. The van der Waals surface area contributed by atoms with Crippen molar-refractivity contribution in [3.05, 3.63) is 36.3 Å². The summed E-state index contributed by atoms with van der Waals surface area (Å²) >= 11 is 0. The molecule has 3 aromatic heterocycles. The topological polar surface area (TPSA) is 80.0 Å². The van der Waals surface area contributed by atoms with Crippen molar-refractivity contribution in [2.75, 3.05) is 29.4 Å². The molecule has 2 aliphatic heterocycles. The third-order valence-electron chi connectivity index (χ3n) is 8.22. The van der Waals surface area contributed by atoms with E-state index in [1.165, 1.54) is 17.2 Å². The predicted octanol–water partition coefficient (Wildman–Crippen LogP) is 4.16. The Morgan fingerprint density at radius 2 is 1.81 bits per heavy atom. The quantitative estimate of drug-likeness (QED) is 0.480. The van der Waals surface area contributed by atoms with Gasteiger partial charge in [0.15, 0.2) is 5.65 Å². The maximum atomic E-state index is 13.8. The highest BCUT2D eigenvalue weighted by Crippen LogP contribution is 2.57. The monoisotopic (exact) mass is 521 g/mol. The van der Waals surface area contributed by atoms with E-state index in [9.17, 15) is 26.7 Å². The lowest BCUT2D eigenvalue weighted by Gasteiger charge is -2.33. The lowest BCUT2D eigenvalue weighted by Crippen LogP contribution is -2.43. The minimum absolute atomic E-state index is 0.0235. The van der Waals surface area contributed by atoms with Crippen molar-refractivity contribution in [3.63, 3.8) is 0 Å². The van der Waals surface area contributed by atoms with Crippen LogP contribution >= 0.6 is 0 Å². The first-order valence-corrected chi connectivity index (χ1v) is 12.2. The Kier molecular flexibility index (Phi) is 5.57. The second kappa shape index (κ2) is 8.59. The van der Waals surface area contributed by atoms with Gasteiger partial charge >= 0.3 is 6.18 Å². The van der Waals surface area contributed by atoms with Crippen LogP contribution in [0.25, 0.3) is 11.2 Å². The number of fused-ring (bicyclic) bond motifs is 1. The maximum absolute atomic E-state index is 13.8. The molecule has 3 atom stereocenters. The van der Waals surface area contributed by atoms with Gasteiger partial charge in [-0.2, -0.15) is 18.3 Å². The highest BCUT2D eigenvalue weighted by molar-refractivity contribution is 6.00. The molecule has 2 bridgehead atoms. The largest absolute Gasteiger partial charge is 0.417 e. The lowest BCUT2D eigenvalue weighted by atomic mass is 9.70. The number of pyridine rings is 1. The van der Waals surface area contributed by atoms with E-state index in [0.29, 0.717) is 43.0 Å². The number of hydrogen-bond acceptors (Lipinski definition) is 6. The van der Waals surface area contributed by atoms with E-state index in [4.69, 9.17) is 0 Å². The van der Waals surface area contributed by atoms with Gasteiger partial charge in [-0.3, -0.25) is 9.69 Å². The molecule has 3 unspecified atom stereocenters. The van der Waals surface area contributed by atoms with Gasteiger partial charge in [-0.25, -0.2) is 28.4 Å². The Balaban J connectivity index is 1.26. The van der Waals surface area contributed by atoms with Gasteiger partial charge in [-0.05, 0) is 49.7 Å². The molecule has 0 aromatic carbocycles. The molecule has 3 fully saturated rings. The first-order chi connectivity index (χ1) is 17.7. The summed E-state index contributed by atoms with van der Waals surface area (Å²) in [5.74, 6) is 0.869. The summed E-state index contributed by atoms with van der Waals surface area (Å²) in [6.45, 7) is 1.03. The molecule has 0 radical (unpaired) electrons. The molecule has 6 rings (SSSR count). The first kappa shape index (κ1) is 24.0. The fraction of sp³-hybridized carbons (Fsp3) is 0.542. The summed E-state index contributed by atoms with van der Waals surface area (Å²) in [5, 5.41) is 3.98. The maximum Gasteiger partial charge on any atom is 0.417 e. The second-order valence-corrected chi connectivity index (χ2v) is 10.0. The van der Waals surface area contributed by atoms with E-state index in [1.807, 2.05) is 0 Å². The zero-order valence-corrected chi connectivity index (χ0v) is 19.7. The lowest BCUT2D eigenvalue weighted by molar-refractivity contribution is -0.137. The van der Waals surface area contributed by atoms with Gasteiger partial charge in [0.2, 0.25) is 5.91 Å². The minimum atomic E-state index is -4.49. The van der Waals surface area contributed by atoms with Crippen LogP contribution in [0, 0.1) is 17.3 Å². The molecule has 1 spiro atoms. The minimum Gasteiger partial charge on any atom is -0.355 e. The standard InChI is InChI=1S/C24H24F5N7O/c25-18(26)13-36-21-17(10-32-36)30-11-20(33-21)34-7-5-14-1-2-16(12-34)23(14)6-8-35(22(23)37)19-4-3-15(9-31-19)24(27,28)29/h3-4,9-11,14,16,18H,1-2,5-8,12-13H2. The van der Waals surface area contributed by atoms with Crippen molar-refractivity contribution >= 4 is 28.7 Å². The van der Waals surface area contributed by atoms with Crippen LogP contribution in [0.5, 0.6) is 0 Å². The fourth-order valence-electron chi connectivity index (χ4n) is 6.49. The Morgan fingerprint density at radius 1 is 1.00 bits per heavy atom. The van der Waals surface area contributed by atoms with E-state index in [1.54, 1.807) is 6.20 Å². The van der Waals surface area contributed by atoms with Gasteiger partial charge in [-0.15, -0.1) is 0 Å². The van der Waals surface area contributed by atoms with Gasteiger partial charge < -0.3 is 4.90 Å². The Hall–Kier alpha value is -3.38. The van der Waals surface area contributed by atoms with Crippen molar-refractivity contribution in [3.8, 4) is 0 Å². The molecule has 8 nitrogen and oxygen atoms in total. The highest BCUT2D eigenvalue weighted by Gasteiger charge is 2.61. The Labute approximate surface area is 208 Å². The number of anilines is 2. The van der Waals surface area contributed by atoms with Gasteiger partial charge in [0, 0.05) is 25.8 Å². The van der Waals surface area contributed by atoms with Gasteiger partial charge in [0.25, 0.3) is 6.43 Å². The SMILES string of the molecule is O=C1N(c2ccc(C(F)(F)F)cn2)CCC12C1CCC2CN(c2cnc3cnn(CC(F)F)c3n2)CC1. The number of carbonyl (C=O) groups excluding carboxylic acids is 1. The average molecular weight is 521 g/mol. The molecule has 13 heteroatoms. The summed E-state index contributed by atoms with van der Waals surface area (Å²) in [7, 11) is 0. The summed E-state index contributed by atoms with van der Waals surface area (Å²) < 4.78 is 66.0. The van der Waals surface area contributed by atoms with Crippen LogP contribution in [0.4, 0.5) is 33.6 Å². The molecule has 0 N–H and O–H groups in total. The summed E-state index contributed by atoms with van der Waals surface area (Å²) in [4.78, 5) is 30.3. The summed E-state index contributed by atoms with van der Waals surface area (Å²) in [6.07, 6.45) is -0.163. The molecule has 196 valence electrons. The molecular weight excluding hydrogens is 497 g/mol. The van der Waals surface area contributed by atoms with Crippen molar-refractivity contribution in [1.29, 1.82) is 0 Å². The Bertz CT molecular complexity index is 1330. The number of nitrogens with zero attached hydrogens (tertiary/aromatic N) is 7. The molecule has 37 heavy (non-hydrogen) atoms. The van der Waals surface area contributed by atoms with E-state index in [0.717, 1.165) is 36.2 Å². The van der Waals surface area contributed by atoms with Crippen molar-refractivity contribution in [1.82, 2.24) is 24.7 Å². The van der Waals surface area contributed by atoms with Gasteiger partial charge in [-0.1, -0.05) is 0 Å². The number of carbonyl (C=O) groups is 1. The number of aromatic nitrogens is 5. The van der Waals surface area contributed by atoms with Crippen LogP contribution in [0.1, 0.15) is 31.2 Å². The fourth-order valence-corrected chi connectivity index (χ4v) is 6.49. The van der Waals surface area contributed by atoms with E-state index in [-0.39, 0.29) is 23.6 Å². The van der Waals surface area contributed by atoms with Gasteiger partial charge in [0.1, 0.15) is 23.7 Å². The van der Waals surface area contributed by atoms with Crippen LogP contribution in [0.2, 0.25) is 0 Å². The van der Waals surface area contributed by atoms with Crippen molar-refractivity contribution in [2.45, 2.75) is 44.8 Å². The molecular formula is C24H24F5N7O. The second-order valence-electron chi connectivity index (χ2n) is 10.0. The smallest absolute Gasteiger partial charge is 0.355 e. The average Bonchev–Trinajstić information content (AvgIpc) is 3.47. The molecule has 1 aliphatic carbocycles. The Morgan fingerprint density at radius 3 is 2.54 bits per heavy atom. The zero-order valence-electron chi connectivity index (χ0n) is 19.7. The number of alkyl halides is 5. The summed E-state index contributed by atoms with van der Waals surface area (Å²) in [6, 6.07) is 2.22. The zero-order chi connectivity index (χ0) is 25.9. The van der Waals surface area contributed by atoms with Crippen molar-refractivity contribution in [2.24, 2.45) is 17.3 Å². The van der Waals surface area contributed by atoms with E-state index < -0.39 is 30.1 Å². The van der Waals surface area contributed by atoms with E-state index >= 15 is 0 Å². The van der Waals surface area contributed by atoms with E-state index in [2.05, 4.69) is 25.0 Å². The van der Waals surface area contributed by atoms with Crippen LogP contribution < -0.4 is 9.80 Å². The highest BCUT2D eigenvalue weighted by atomic mass is 19.4. The molecule has 5 heterocycles. The van der Waals surface area contributed by atoms with Crippen LogP contribution in [-0.4, -0.2) is 56.7 Å². The van der Waals surface area contributed by atoms with Crippen LogP contribution in [0.3, 0.4) is 0 Å². The number of amides is 1. The van der Waals surface area contributed by atoms with Crippen LogP contribution in [0.15, 0.2) is 30.7 Å². The number of rotatable bonds is 4. The van der Waals surface area contributed by atoms with Gasteiger partial charge in [0.05, 0.1) is 23.4 Å².